The minimum Gasteiger partial charge on any atom is -0.337 e. The first-order valence-electron chi connectivity index (χ1n) is 9.04. The van der Waals surface area contributed by atoms with E-state index in [-0.39, 0.29) is 18.3 Å². The summed E-state index contributed by atoms with van der Waals surface area (Å²) in [5, 5.41) is 11.8. The number of amides is 1. The van der Waals surface area contributed by atoms with E-state index in [1.54, 1.807) is 10.9 Å². The van der Waals surface area contributed by atoms with Crippen LogP contribution in [0.5, 0.6) is 0 Å². The Kier molecular flexibility index (Phi) is 7.04. The molecule has 1 aromatic heterocycles. The van der Waals surface area contributed by atoms with Crippen LogP contribution in [0.1, 0.15) is 56.4 Å². The predicted molar refractivity (Wildman–Crippen MR) is 96.4 cm³/mol. The highest BCUT2D eigenvalue weighted by atomic mass is 35.5. The van der Waals surface area contributed by atoms with Crippen molar-refractivity contribution in [2.24, 2.45) is 11.8 Å². The zero-order chi connectivity index (χ0) is 16.2. The van der Waals surface area contributed by atoms with E-state index < -0.39 is 0 Å². The van der Waals surface area contributed by atoms with Gasteiger partial charge in [0, 0.05) is 25.7 Å². The van der Waals surface area contributed by atoms with Crippen LogP contribution >= 0.6 is 12.4 Å². The standard InChI is InChI=1S/C17H29N5O.ClH/c1-13(2)5-10-22-12-16(19-20-22)17(23)21-8-6-15(7-9-21)18-11-14-3-4-14;/h12-15,18H,3-11H2,1-2H3;1H. The van der Waals surface area contributed by atoms with Crippen LogP contribution in [0.15, 0.2) is 6.20 Å². The SMILES string of the molecule is CC(C)CCn1cc(C(=O)N2CCC(NCC3CC3)CC2)nn1.Cl. The molecule has 1 aliphatic carbocycles. The van der Waals surface area contributed by atoms with Crippen LogP contribution in [0.3, 0.4) is 0 Å². The first-order valence-corrected chi connectivity index (χ1v) is 9.04. The second kappa shape index (κ2) is 8.81. The van der Waals surface area contributed by atoms with Gasteiger partial charge in [-0.25, -0.2) is 0 Å². The molecule has 2 heterocycles. The smallest absolute Gasteiger partial charge is 0.276 e. The van der Waals surface area contributed by atoms with E-state index in [1.807, 2.05) is 4.90 Å². The second-order valence-electron chi connectivity index (χ2n) is 7.47. The summed E-state index contributed by atoms with van der Waals surface area (Å²) in [5.74, 6) is 1.57. The van der Waals surface area contributed by atoms with E-state index in [1.165, 1.54) is 12.8 Å². The molecule has 0 spiro atoms. The molecule has 1 saturated heterocycles. The van der Waals surface area contributed by atoms with Crippen molar-refractivity contribution in [1.29, 1.82) is 0 Å². The Labute approximate surface area is 150 Å². The minimum absolute atomic E-state index is 0. The summed E-state index contributed by atoms with van der Waals surface area (Å²) < 4.78 is 1.79. The molecule has 1 aliphatic heterocycles. The molecule has 3 rings (SSSR count). The molecular formula is C17H30ClN5O. The van der Waals surface area contributed by atoms with Crippen LogP contribution in [0, 0.1) is 11.8 Å². The van der Waals surface area contributed by atoms with Crippen molar-refractivity contribution >= 4 is 18.3 Å². The van der Waals surface area contributed by atoms with Crippen molar-refractivity contribution in [2.45, 2.75) is 58.5 Å². The highest BCUT2D eigenvalue weighted by molar-refractivity contribution is 5.92. The highest BCUT2D eigenvalue weighted by Gasteiger charge is 2.27. The van der Waals surface area contributed by atoms with Crippen LogP contribution in [-0.4, -0.2) is 51.5 Å². The monoisotopic (exact) mass is 355 g/mol. The van der Waals surface area contributed by atoms with E-state index in [0.29, 0.717) is 17.7 Å². The lowest BCUT2D eigenvalue weighted by Crippen LogP contribution is -2.45. The van der Waals surface area contributed by atoms with E-state index in [4.69, 9.17) is 0 Å². The molecule has 0 bridgehead atoms. The molecule has 2 fully saturated rings. The molecule has 0 unspecified atom stereocenters. The third-order valence-corrected chi connectivity index (χ3v) is 4.87. The summed E-state index contributed by atoms with van der Waals surface area (Å²) in [7, 11) is 0. The van der Waals surface area contributed by atoms with Crippen molar-refractivity contribution in [2.75, 3.05) is 19.6 Å². The van der Waals surface area contributed by atoms with Crippen LogP contribution in [-0.2, 0) is 6.54 Å². The Bertz CT molecular complexity index is 521. The summed E-state index contributed by atoms with van der Waals surface area (Å²) in [6.07, 6.45) is 7.70. The first-order chi connectivity index (χ1) is 11.1. The third-order valence-electron chi connectivity index (χ3n) is 4.87. The van der Waals surface area contributed by atoms with E-state index in [9.17, 15) is 4.79 Å². The van der Waals surface area contributed by atoms with E-state index in [2.05, 4.69) is 29.5 Å². The number of aryl methyl sites for hydroxylation is 1. The molecule has 1 amide bonds. The first kappa shape index (κ1) is 19.2. The number of nitrogens with one attached hydrogen (secondary N) is 1. The predicted octanol–water partition coefficient (Wildman–Crippen LogP) is 2.35. The topological polar surface area (TPSA) is 63.1 Å². The lowest BCUT2D eigenvalue weighted by Gasteiger charge is -2.32. The number of aromatic nitrogens is 3. The summed E-state index contributed by atoms with van der Waals surface area (Å²) in [6.45, 7) is 7.99. The summed E-state index contributed by atoms with van der Waals surface area (Å²) >= 11 is 0. The zero-order valence-corrected chi connectivity index (χ0v) is 15.6. The number of rotatable bonds is 7. The molecule has 24 heavy (non-hydrogen) atoms. The molecule has 0 atom stereocenters. The summed E-state index contributed by atoms with van der Waals surface area (Å²) in [6, 6.07) is 0.571. The lowest BCUT2D eigenvalue weighted by atomic mass is 10.0. The van der Waals surface area contributed by atoms with Crippen molar-refractivity contribution in [1.82, 2.24) is 25.2 Å². The molecule has 0 aromatic carbocycles. The van der Waals surface area contributed by atoms with Crippen LogP contribution < -0.4 is 5.32 Å². The maximum atomic E-state index is 12.5. The molecule has 7 heteroatoms. The third kappa shape index (κ3) is 5.45. The number of hydrogen-bond donors (Lipinski definition) is 1. The van der Waals surface area contributed by atoms with Crippen molar-refractivity contribution in [3.8, 4) is 0 Å². The molecule has 1 N–H and O–H groups in total. The number of likely N-dealkylation sites (tertiary alicyclic amines) is 1. The Morgan fingerprint density at radius 2 is 2.00 bits per heavy atom. The molecule has 136 valence electrons. The zero-order valence-electron chi connectivity index (χ0n) is 14.8. The maximum absolute atomic E-state index is 12.5. The average molecular weight is 356 g/mol. The van der Waals surface area contributed by atoms with Gasteiger partial charge in [-0.05, 0) is 50.5 Å². The number of nitrogens with zero attached hydrogens (tertiary/aromatic N) is 4. The van der Waals surface area contributed by atoms with Gasteiger partial charge in [0.25, 0.3) is 5.91 Å². The minimum atomic E-state index is 0. The Morgan fingerprint density at radius 3 is 2.62 bits per heavy atom. The molecular weight excluding hydrogens is 326 g/mol. The molecule has 6 nitrogen and oxygen atoms in total. The Morgan fingerprint density at radius 1 is 1.29 bits per heavy atom. The number of carbonyl (C=O) groups excluding carboxylic acids is 1. The summed E-state index contributed by atoms with van der Waals surface area (Å²) in [4.78, 5) is 14.4. The van der Waals surface area contributed by atoms with Crippen molar-refractivity contribution in [3.63, 3.8) is 0 Å². The van der Waals surface area contributed by atoms with Gasteiger partial charge in [-0.1, -0.05) is 19.1 Å². The largest absolute Gasteiger partial charge is 0.337 e. The van der Waals surface area contributed by atoms with Gasteiger partial charge in [0.05, 0.1) is 6.20 Å². The molecule has 2 aliphatic rings. The molecule has 0 radical (unpaired) electrons. The second-order valence-corrected chi connectivity index (χ2v) is 7.47. The van der Waals surface area contributed by atoms with Crippen LogP contribution in [0.4, 0.5) is 0 Å². The number of carbonyl (C=O) groups is 1. The number of hydrogen-bond acceptors (Lipinski definition) is 4. The molecule has 1 aromatic rings. The Hall–Kier alpha value is -1.14. The van der Waals surface area contributed by atoms with Crippen LogP contribution in [0.2, 0.25) is 0 Å². The fourth-order valence-electron chi connectivity index (χ4n) is 3.00. The van der Waals surface area contributed by atoms with Gasteiger partial charge in [0.15, 0.2) is 5.69 Å². The number of piperidine rings is 1. The summed E-state index contributed by atoms with van der Waals surface area (Å²) in [5.41, 5.74) is 0.484. The van der Waals surface area contributed by atoms with Gasteiger partial charge in [-0.15, -0.1) is 17.5 Å². The van der Waals surface area contributed by atoms with Gasteiger partial charge in [-0.2, -0.15) is 0 Å². The van der Waals surface area contributed by atoms with Gasteiger partial charge in [0.2, 0.25) is 0 Å². The fourth-order valence-corrected chi connectivity index (χ4v) is 3.00. The maximum Gasteiger partial charge on any atom is 0.276 e. The van der Waals surface area contributed by atoms with Gasteiger partial charge < -0.3 is 10.2 Å². The molecule has 1 saturated carbocycles. The lowest BCUT2D eigenvalue weighted by molar-refractivity contribution is 0.0699. The number of halogens is 1. The van der Waals surface area contributed by atoms with Crippen LogP contribution in [0.25, 0.3) is 0 Å². The van der Waals surface area contributed by atoms with Gasteiger partial charge >= 0.3 is 0 Å². The quantitative estimate of drug-likeness (QED) is 0.815. The Balaban J connectivity index is 0.00000208. The van der Waals surface area contributed by atoms with E-state index >= 15 is 0 Å². The van der Waals surface area contributed by atoms with Crippen molar-refractivity contribution in [3.05, 3.63) is 11.9 Å². The fraction of sp³-hybridized carbons (Fsp3) is 0.824. The van der Waals surface area contributed by atoms with Gasteiger partial charge in [0.1, 0.15) is 0 Å². The van der Waals surface area contributed by atoms with Gasteiger partial charge in [-0.3, -0.25) is 9.48 Å². The average Bonchev–Trinajstić information content (AvgIpc) is 3.26. The highest BCUT2D eigenvalue weighted by Crippen LogP contribution is 2.28. The normalized spacial score (nSPS) is 18.7. The van der Waals surface area contributed by atoms with E-state index in [0.717, 1.165) is 51.4 Å². The van der Waals surface area contributed by atoms with Crippen molar-refractivity contribution < 1.29 is 4.79 Å².